The zero-order chi connectivity index (χ0) is 8.10. The van der Waals surface area contributed by atoms with E-state index in [4.69, 9.17) is 0 Å². The van der Waals surface area contributed by atoms with Crippen LogP contribution in [-0.4, -0.2) is 24.0 Å². The molecule has 0 saturated carbocycles. The molecule has 0 aromatic heterocycles. The van der Waals surface area contributed by atoms with E-state index < -0.39 is 0 Å². The normalized spacial score (nSPS) is 16.9. The molecule has 3 nitrogen and oxygen atoms in total. The Hall–Kier alpha value is -0.830. The lowest BCUT2D eigenvalue weighted by atomic mass is 10.3. The van der Waals surface area contributed by atoms with Crippen molar-refractivity contribution in [1.82, 2.24) is 10.4 Å². The van der Waals surface area contributed by atoms with Crippen LogP contribution < -0.4 is 5.43 Å². The molecule has 0 aromatic rings. The minimum absolute atomic E-state index is 0.183. The summed E-state index contributed by atoms with van der Waals surface area (Å²) >= 11 is 0. The Balaban J connectivity index is 2.22. The summed E-state index contributed by atoms with van der Waals surface area (Å²) in [5, 5.41) is 1.70. The lowest BCUT2D eigenvalue weighted by Gasteiger charge is -2.14. The fourth-order valence-electron chi connectivity index (χ4n) is 1.10. The molecule has 1 saturated heterocycles. The number of rotatable bonds is 3. The van der Waals surface area contributed by atoms with E-state index in [1.54, 1.807) is 11.1 Å². The first-order chi connectivity index (χ1) is 5.34. The molecule has 0 bridgehead atoms. The number of hydrogen-bond donors (Lipinski definition) is 1. The van der Waals surface area contributed by atoms with Crippen LogP contribution >= 0.6 is 0 Å². The number of nitrogens with zero attached hydrogens (tertiary/aromatic N) is 1. The van der Waals surface area contributed by atoms with Crippen molar-refractivity contribution in [3.8, 4) is 0 Å². The zero-order valence-electron chi connectivity index (χ0n) is 6.68. The molecule has 0 aliphatic carbocycles. The Bertz CT molecular complexity index is 150. The second kappa shape index (κ2) is 4.13. The molecule has 3 heteroatoms. The van der Waals surface area contributed by atoms with Crippen LogP contribution in [0.3, 0.4) is 0 Å². The van der Waals surface area contributed by atoms with Gasteiger partial charge in [0.25, 0.3) is 0 Å². The summed E-state index contributed by atoms with van der Waals surface area (Å²) in [4.78, 5) is 11.2. The highest BCUT2D eigenvalue weighted by molar-refractivity contribution is 5.75. The lowest BCUT2D eigenvalue weighted by molar-refractivity contribution is -0.132. The fourth-order valence-corrected chi connectivity index (χ4v) is 1.10. The molecule has 1 heterocycles. The van der Waals surface area contributed by atoms with Gasteiger partial charge in [0.1, 0.15) is 0 Å². The van der Waals surface area contributed by atoms with Gasteiger partial charge in [0.2, 0.25) is 5.91 Å². The van der Waals surface area contributed by atoms with E-state index in [1.165, 1.54) is 0 Å². The maximum atomic E-state index is 11.2. The van der Waals surface area contributed by atoms with Crippen molar-refractivity contribution in [2.24, 2.45) is 0 Å². The molecule has 0 spiro atoms. The Morgan fingerprint density at radius 3 is 3.09 bits per heavy atom. The van der Waals surface area contributed by atoms with Gasteiger partial charge in [-0.05, 0) is 12.8 Å². The van der Waals surface area contributed by atoms with Gasteiger partial charge in [0, 0.05) is 19.5 Å². The van der Waals surface area contributed by atoms with E-state index in [-0.39, 0.29) is 5.91 Å². The third kappa shape index (κ3) is 2.35. The van der Waals surface area contributed by atoms with E-state index in [0.29, 0.717) is 6.42 Å². The standard InChI is InChI=1S/C8H14N2O/c1-2-3-5-8(11)10-7-4-6-9-10/h2,9H,1,3-7H2. The van der Waals surface area contributed by atoms with Crippen LogP contribution in [0.2, 0.25) is 0 Å². The average molecular weight is 154 g/mol. The van der Waals surface area contributed by atoms with Crippen molar-refractivity contribution in [3.63, 3.8) is 0 Å². The zero-order valence-corrected chi connectivity index (χ0v) is 6.68. The second-order valence-corrected chi connectivity index (χ2v) is 2.63. The van der Waals surface area contributed by atoms with Crippen molar-refractivity contribution in [2.75, 3.05) is 13.1 Å². The fraction of sp³-hybridized carbons (Fsp3) is 0.625. The van der Waals surface area contributed by atoms with Crippen LogP contribution in [0.15, 0.2) is 12.7 Å². The Morgan fingerprint density at radius 1 is 1.73 bits per heavy atom. The molecule has 0 unspecified atom stereocenters. The van der Waals surface area contributed by atoms with Gasteiger partial charge >= 0.3 is 0 Å². The van der Waals surface area contributed by atoms with Crippen LogP contribution in [-0.2, 0) is 4.79 Å². The highest BCUT2D eigenvalue weighted by atomic mass is 16.2. The molecule has 62 valence electrons. The molecule has 1 rings (SSSR count). The van der Waals surface area contributed by atoms with Gasteiger partial charge in [-0.25, -0.2) is 5.43 Å². The Labute approximate surface area is 67.0 Å². The van der Waals surface area contributed by atoms with E-state index in [0.717, 1.165) is 25.9 Å². The molecule has 0 radical (unpaired) electrons. The predicted octanol–water partition coefficient (Wildman–Crippen LogP) is 0.690. The summed E-state index contributed by atoms with van der Waals surface area (Å²) < 4.78 is 0. The van der Waals surface area contributed by atoms with E-state index in [2.05, 4.69) is 12.0 Å². The number of carbonyl (C=O) groups excluding carboxylic acids is 1. The van der Waals surface area contributed by atoms with Gasteiger partial charge in [0.05, 0.1) is 0 Å². The van der Waals surface area contributed by atoms with Crippen molar-refractivity contribution in [2.45, 2.75) is 19.3 Å². The smallest absolute Gasteiger partial charge is 0.236 e. The number of carbonyl (C=O) groups is 1. The van der Waals surface area contributed by atoms with Gasteiger partial charge in [-0.2, -0.15) is 0 Å². The van der Waals surface area contributed by atoms with E-state index >= 15 is 0 Å². The van der Waals surface area contributed by atoms with Crippen molar-refractivity contribution in [1.29, 1.82) is 0 Å². The maximum Gasteiger partial charge on any atom is 0.236 e. The first kappa shape index (κ1) is 8.27. The number of hydrazine groups is 1. The van der Waals surface area contributed by atoms with Gasteiger partial charge < -0.3 is 0 Å². The number of amides is 1. The van der Waals surface area contributed by atoms with Gasteiger partial charge in [-0.15, -0.1) is 6.58 Å². The molecule has 1 aliphatic rings. The highest BCUT2D eigenvalue weighted by Crippen LogP contribution is 2.01. The molecular formula is C8H14N2O. The largest absolute Gasteiger partial charge is 0.278 e. The SMILES string of the molecule is C=CCCC(=O)N1CCCN1. The minimum atomic E-state index is 0.183. The van der Waals surface area contributed by atoms with Crippen molar-refractivity contribution >= 4 is 5.91 Å². The van der Waals surface area contributed by atoms with Gasteiger partial charge in [-0.1, -0.05) is 6.08 Å². The molecule has 0 aromatic carbocycles. The third-order valence-electron chi connectivity index (χ3n) is 1.72. The van der Waals surface area contributed by atoms with Crippen LogP contribution in [0.1, 0.15) is 19.3 Å². The van der Waals surface area contributed by atoms with Gasteiger partial charge in [0.15, 0.2) is 0 Å². The molecule has 1 fully saturated rings. The maximum absolute atomic E-state index is 11.2. The van der Waals surface area contributed by atoms with Crippen LogP contribution in [0.25, 0.3) is 0 Å². The second-order valence-electron chi connectivity index (χ2n) is 2.63. The summed E-state index contributed by atoms with van der Waals surface area (Å²) in [6.07, 6.45) is 4.20. The summed E-state index contributed by atoms with van der Waals surface area (Å²) in [5.41, 5.74) is 3.01. The van der Waals surface area contributed by atoms with Crippen LogP contribution in [0.4, 0.5) is 0 Å². The molecular weight excluding hydrogens is 140 g/mol. The quantitative estimate of drug-likeness (QED) is 0.606. The highest BCUT2D eigenvalue weighted by Gasteiger charge is 2.15. The molecule has 1 amide bonds. The monoisotopic (exact) mass is 154 g/mol. The van der Waals surface area contributed by atoms with E-state index in [9.17, 15) is 4.79 Å². The third-order valence-corrected chi connectivity index (χ3v) is 1.72. The van der Waals surface area contributed by atoms with Crippen molar-refractivity contribution in [3.05, 3.63) is 12.7 Å². The number of allylic oxidation sites excluding steroid dienone is 1. The molecule has 1 aliphatic heterocycles. The minimum Gasteiger partial charge on any atom is -0.278 e. The van der Waals surface area contributed by atoms with Crippen LogP contribution in [0, 0.1) is 0 Å². The topological polar surface area (TPSA) is 32.3 Å². The summed E-state index contributed by atoms with van der Waals surface area (Å²) in [5.74, 6) is 0.183. The number of nitrogens with one attached hydrogen (secondary N) is 1. The Kier molecular flexibility index (Phi) is 3.11. The average Bonchev–Trinajstić information content (AvgIpc) is 2.52. The Morgan fingerprint density at radius 2 is 2.55 bits per heavy atom. The first-order valence-corrected chi connectivity index (χ1v) is 3.99. The molecule has 0 atom stereocenters. The van der Waals surface area contributed by atoms with E-state index in [1.807, 2.05) is 0 Å². The number of hydrogen-bond acceptors (Lipinski definition) is 2. The summed E-state index contributed by atoms with van der Waals surface area (Å²) in [6, 6.07) is 0. The summed E-state index contributed by atoms with van der Waals surface area (Å²) in [6.45, 7) is 5.36. The first-order valence-electron chi connectivity index (χ1n) is 3.99. The van der Waals surface area contributed by atoms with Crippen LogP contribution in [0.5, 0.6) is 0 Å². The predicted molar refractivity (Wildman–Crippen MR) is 43.8 cm³/mol. The van der Waals surface area contributed by atoms with Crippen molar-refractivity contribution < 1.29 is 4.79 Å². The molecule has 1 N–H and O–H groups in total. The molecule has 11 heavy (non-hydrogen) atoms. The lowest BCUT2D eigenvalue weighted by Crippen LogP contribution is -2.36. The summed E-state index contributed by atoms with van der Waals surface area (Å²) in [7, 11) is 0. The van der Waals surface area contributed by atoms with Gasteiger partial charge in [-0.3, -0.25) is 9.80 Å².